The maximum atomic E-state index is 12.7. The normalized spacial score (nSPS) is 10.3. The Morgan fingerprint density at radius 2 is 1.52 bits per heavy atom. The summed E-state index contributed by atoms with van der Waals surface area (Å²) >= 11 is 6.83. The van der Waals surface area contributed by atoms with Crippen LogP contribution in [0.15, 0.2) is 81.7 Å². The van der Waals surface area contributed by atoms with Gasteiger partial charge in [0.05, 0.1) is 0 Å². The second-order valence-electron chi connectivity index (χ2n) is 4.90. The van der Waals surface area contributed by atoms with Gasteiger partial charge in [-0.05, 0) is 42.5 Å². The van der Waals surface area contributed by atoms with E-state index in [-0.39, 0.29) is 5.78 Å². The molecule has 0 aliphatic rings. The molecule has 4 heteroatoms. The van der Waals surface area contributed by atoms with Crippen molar-refractivity contribution in [2.24, 2.45) is 0 Å². The van der Waals surface area contributed by atoms with Crippen LogP contribution in [-0.2, 0) is 0 Å². The number of ether oxygens (including phenoxy) is 1. The third kappa shape index (κ3) is 3.89. The number of carbonyl (C=O) groups is 1. The molecule has 0 radical (unpaired) electrons. The lowest BCUT2D eigenvalue weighted by Crippen LogP contribution is -2.02. The van der Waals surface area contributed by atoms with Crippen LogP contribution in [0.3, 0.4) is 0 Å². The van der Waals surface area contributed by atoms with Gasteiger partial charge in [-0.15, -0.1) is 0 Å². The van der Waals surface area contributed by atoms with E-state index in [2.05, 4.69) is 31.9 Å². The summed E-state index contributed by atoms with van der Waals surface area (Å²) < 4.78 is 7.41. The summed E-state index contributed by atoms with van der Waals surface area (Å²) in [4.78, 5) is 12.7. The largest absolute Gasteiger partial charge is 0.457 e. The summed E-state index contributed by atoms with van der Waals surface area (Å²) in [7, 11) is 0. The van der Waals surface area contributed by atoms with Crippen molar-refractivity contribution in [2.45, 2.75) is 0 Å². The molecule has 3 aromatic rings. The zero-order valence-electron chi connectivity index (χ0n) is 12.0. The zero-order chi connectivity index (χ0) is 16.2. The van der Waals surface area contributed by atoms with Gasteiger partial charge in [-0.1, -0.05) is 62.2 Å². The summed E-state index contributed by atoms with van der Waals surface area (Å²) in [5, 5.41) is 0. The highest BCUT2D eigenvalue weighted by molar-refractivity contribution is 9.11. The number of ketones is 1. The SMILES string of the molecule is O=C(c1cccc(Oc2ccccc2)c1)c1cc(Br)ccc1Br. The lowest BCUT2D eigenvalue weighted by Gasteiger charge is -2.08. The molecule has 3 aromatic carbocycles. The van der Waals surface area contributed by atoms with Crippen LogP contribution in [0.25, 0.3) is 0 Å². The molecule has 3 rings (SSSR count). The van der Waals surface area contributed by atoms with Crippen molar-refractivity contribution in [1.82, 2.24) is 0 Å². The van der Waals surface area contributed by atoms with Crippen molar-refractivity contribution in [1.29, 1.82) is 0 Å². The average molecular weight is 432 g/mol. The standard InChI is InChI=1S/C19H12Br2O2/c20-14-9-10-18(21)17(12-14)19(22)13-5-4-8-16(11-13)23-15-6-2-1-3-7-15/h1-12H. The minimum atomic E-state index is -0.0586. The van der Waals surface area contributed by atoms with Crippen LogP contribution in [0, 0.1) is 0 Å². The number of halogens is 2. The van der Waals surface area contributed by atoms with E-state index < -0.39 is 0 Å². The maximum Gasteiger partial charge on any atom is 0.194 e. The second-order valence-corrected chi connectivity index (χ2v) is 6.67. The van der Waals surface area contributed by atoms with E-state index in [1.807, 2.05) is 54.6 Å². The summed E-state index contributed by atoms with van der Waals surface area (Å²) in [6.45, 7) is 0. The maximum absolute atomic E-state index is 12.7. The Labute approximate surface area is 151 Å². The van der Waals surface area contributed by atoms with Gasteiger partial charge in [0.25, 0.3) is 0 Å². The fourth-order valence-corrected chi connectivity index (χ4v) is 2.94. The molecule has 0 atom stereocenters. The van der Waals surface area contributed by atoms with Crippen molar-refractivity contribution in [2.75, 3.05) is 0 Å². The molecule has 0 unspecified atom stereocenters. The Morgan fingerprint density at radius 1 is 0.783 bits per heavy atom. The van der Waals surface area contributed by atoms with Crippen LogP contribution in [0.5, 0.6) is 11.5 Å². The van der Waals surface area contributed by atoms with Crippen molar-refractivity contribution < 1.29 is 9.53 Å². The first-order valence-electron chi connectivity index (χ1n) is 6.96. The van der Waals surface area contributed by atoms with Gasteiger partial charge in [-0.2, -0.15) is 0 Å². The van der Waals surface area contributed by atoms with Crippen LogP contribution in [0.1, 0.15) is 15.9 Å². The number of rotatable bonds is 4. The highest BCUT2D eigenvalue weighted by atomic mass is 79.9. The second kappa shape index (κ2) is 7.11. The number of benzene rings is 3. The highest BCUT2D eigenvalue weighted by Gasteiger charge is 2.14. The smallest absolute Gasteiger partial charge is 0.194 e. The fraction of sp³-hybridized carbons (Fsp3) is 0. The first-order chi connectivity index (χ1) is 11.1. The van der Waals surface area contributed by atoms with Crippen LogP contribution >= 0.6 is 31.9 Å². The lowest BCUT2D eigenvalue weighted by atomic mass is 10.0. The number of para-hydroxylation sites is 1. The van der Waals surface area contributed by atoms with Crippen molar-refractivity contribution in [3.05, 3.63) is 92.9 Å². The molecule has 2 nitrogen and oxygen atoms in total. The van der Waals surface area contributed by atoms with Gasteiger partial charge in [0.1, 0.15) is 11.5 Å². The van der Waals surface area contributed by atoms with E-state index in [0.29, 0.717) is 16.9 Å². The van der Waals surface area contributed by atoms with E-state index in [9.17, 15) is 4.79 Å². The Hall–Kier alpha value is -1.91. The molecule has 0 aliphatic heterocycles. The molecule has 114 valence electrons. The van der Waals surface area contributed by atoms with Gasteiger partial charge >= 0.3 is 0 Å². The molecular weight excluding hydrogens is 420 g/mol. The van der Waals surface area contributed by atoms with Gasteiger partial charge in [-0.25, -0.2) is 0 Å². The van der Waals surface area contributed by atoms with Crippen LogP contribution in [0.2, 0.25) is 0 Å². The number of hydrogen-bond acceptors (Lipinski definition) is 2. The molecule has 0 saturated heterocycles. The molecule has 0 spiro atoms. The number of hydrogen-bond donors (Lipinski definition) is 0. The van der Waals surface area contributed by atoms with E-state index >= 15 is 0 Å². The molecule has 0 N–H and O–H groups in total. The van der Waals surface area contributed by atoms with Crippen molar-refractivity contribution >= 4 is 37.6 Å². The topological polar surface area (TPSA) is 26.3 Å². The monoisotopic (exact) mass is 430 g/mol. The molecular formula is C19H12Br2O2. The van der Waals surface area contributed by atoms with Crippen molar-refractivity contribution in [3.8, 4) is 11.5 Å². The summed E-state index contributed by atoms with van der Waals surface area (Å²) in [6, 6.07) is 22.2. The first kappa shape index (κ1) is 16.0. The van der Waals surface area contributed by atoms with Gasteiger partial charge < -0.3 is 4.74 Å². The summed E-state index contributed by atoms with van der Waals surface area (Å²) in [6.07, 6.45) is 0. The third-order valence-corrected chi connectivity index (χ3v) is 4.43. The van der Waals surface area contributed by atoms with Gasteiger partial charge in [0, 0.05) is 20.1 Å². The van der Waals surface area contributed by atoms with E-state index in [0.717, 1.165) is 14.7 Å². The molecule has 0 bridgehead atoms. The molecule has 0 aliphatic carbocycles. The van der Waals surface area contributed by atoms with Crippen molar-refractivity contribution in [3.63, 3.8) is 0 Å². The van der Waals surface area contributed by atoms with Gasteiger partial charge in [0.15, 0.2) is 5.78 Å². The van der Waals surface area contributed by atoms with Crippen LogP contribution in [-0.4, -0.2) is 5.78 Å². The minimum Gasteiger partial charge on any atom is -0.457 e. The molecule has 0 heterocycles. The van der Waals surface area contributed by atoms with E-state index in [4.69, 9.17) is 4.74 Å². The summed E-state index contributed by atoms with van der Waals surface area (Å²) in [5.41, 5.74) is 1.19. The quantitative estimate of drug-likeness (QED) is 0.457. The molecule has 0 saturated carbocycles. The predicted molar refractivity (Wildman–Crippen MR) is 98.2 cm³/mol. The Balaban J connectivity index is 1.90. The third-order valence-electron chi connectivity index (χ3n) is 3.25. The fourth-order valence-electron chi connectivity index (χ4n) is 2.15. The van der Waals surface area contributed by atoms with E-state index in [1.54, 1.807) is 18.2 Å². The predicted octanol–water partition coefficient (Wildman–Crippen LogP) is 6.23. The number of carbonyl (C=O) groups excluding carboxylic acids is 1. The minimum absolute atomic E-state index is 0.0586. The Kier molecular flexibility index (Phi) is 4.94. The molecule has 23 heavy (non-hydrogen) atoms. The molecule has 0 amide bonds. The lowest BCUT2D eigenvalue weighted by molar-refractivity contribution is 0.103. The molecule has 0 fully saturated rings. The highest BCUT2D eigenvalue weighted by Crippen LogP contribution is 2.27. The zero-order valence-corrected chi connectivity index (χ0v) is 15.2. The van der Waals surface area contributed by atoms with Crippen LogP contribution < -0.4 is 4.74 Å². The summed E-state index contributed by atoms with van der Waals surface area (Å²) in [5.74, 6) is 1.31. The van der Waals surface area contributed by atoms with Crippen LogP contribution in [0.4, 0.5) is 0 Å². The van der Waals surface area contributed by atoms with E-state index in [1.165, 1.54) is 0 Å². The Bertz CT molecular complexity index is 845. The first-order valence-corrected chi connectivity index (χ1v) is 8.55. The van der Waals surface area contributed by atoms with Gasteiger partial charge in [0.2, 0.25) is 0 Å². The van der Waals surface area contributed by atoms with Gasteiger partial charge in [-0.3, -0.25) is 4.79 Å². The Morgan fingerprint density at radius 3 is 2.30 bits per heavy atom. The average Bonchev–Trinajstić information content (AvgIpc) is 2.57. The molecule has 0 aromatic heterocycles.